The molecule has 1 unspecified atom stereocenters. The molecule has 0 aromatic carbocycles. The van der Waals surface area contributed by atoms with Crippen molar-refractivity contribution >= 4 is 0 Å². The number of nitrogens with zero attached hydrogens (tertiary/aromatic N) is 4. The molecule has 0 radical (unpaired) electrons. The molecule has 21 heavy (non-hydrogen) atoms. The van der Waals surface area contributed by atoms with Crippen LogP contribution in [0.15, 0.2) is 6.20 Å². The first-order valence-electron chi connectivity index (χ1n) is 8.07. The summed E-state index contributed by atoms with van der Waals surface area (Å²) in [5, 5.41) is 12.1. The van der Waals surface area contributed by atoms with Crippen LogP contribution in [-0.4, -0.2) is 58.3 Å². The van der Waals surface area contributed by atoms with Gasteiger partial charge in [-0.25, -0.2) is 0 Å². The standard InChI is InChI=1S/C15H27N5O/c1-15(2)12-19(6-7-21-15)10-14-11-20(18-17-14)9-13-4-3-5-16-8-13/h11,13,16H,3-10,12H2,1-2H3. The predicted molar refractivity (Wildman–Crippen MR) is 80.9 cm³/mol. The van der Waals surface area contributed by atoms with Crippen LogP contribution in [0.25, 0.3) is 0 Å². The largest absolute Gasteiger partial charge is 0.373 e. The molecule has 6 nitrogen and oxygen atoms in total. The van der Waals surface area contributed by atoms with Crippen LogP contribution in [0.4, 0.5) is 0 Å². The van der Waals surface area contributed by atoms with Gasteiger partial charge in [-0.3, -0.25) is 9.58 Å². The first-order chi connectivity index (χ1) is 10.1. The molecule has 1 aromatic rings. The number of rotatable bonds is 4. The van der Waals surface area contributed by atoms with E-state index in [1.165, 1.54) is 12.8 Å². The van der Waals surface area contributed by atoms with Gasteiger partial charge in [-0.05, 0) is 45.7 Å². The summed E-state index contributed by atoms with van der Waals surface area (Å²) in [7, 11) is 0. The van der Waals surface area contributed by atoms with E-state index in [4.69, 9.17) is 4.74 Å². The highest BCUT2D eigenvalue weighted by molar-refractivity contribution is 4.94. The van der Waals surface area contributed by atoms with Crippen molar-refractivity contribution in [1.29, 1.82) is 0 Å². The van der Waals surface area contributed by atoms with Gasteiger partial charge in [0.25, 0.3) is 0 Å². The molecule has 2 aliphatic rings. The van der Waals surface area contributed by atoms with Crippen molar-refractivity contribution in [2.45, 2.75) is 45.4 Å². The second-order valence-electron chi connectivity index (χ2n) is 6.96. The number of hydrogen-bond donors (Lipinski definition) is 1. The van der Waals surface area contributed by atoms with Crippen molar-refractivity contribution < 1.29 is 4.74 Å². The number of piperidine rings is 1. The van der Waals surface area contributed by atoms with Crippen molar-refractivity contribution in [3.8, 4) is 0 Å². The van der Waals surface area contributed by atoms with Crippen molar-refractivity contribution in [3.63, 3.8) is 0 Å². The maximum absolute atomic E-state index is 5.75. The van der Waals surface area contributed by atoms with E-state index >= 15 is 0 Å². The molecule has 6 heteroatoms. The Hall–Kier alpha value is -0.980. The molecule has 1 N–H and O–H groups in total. The molecule has 1 aromatic heterocycles. The van der Waals surface area contributed by atoms with Crippen molar-refractivity contribution in [1.82, 2.24) is 25.2 Å². The lowest BCUT2D eigenvalue weighted by Crippen LogP contribution is -2.47. The van der Waals surface area contributed by atoms with Gasteiger partial charge in [0.15, 0.2) is 0 Å². The van der Waals surface area contributed by atoms with Crippen LogP contribution in [0.5, 0.6) is 0 Å². The zero-order chi connectivity index (χ0) is 14.7. The van der Waals surface area contributed by atoms with E-state index in [2.05, 4.69) is 40.6 Å². The lowest BCUT2D eigenvalue weighted by molar-refractivity contribution is -0.0885. The summed E-state index contributed by atoms with van der Waals surface area (Å²) in [5.41, 5.74) is 1.01. The maximum Gasteiger partial charge on any atom is 0.0967 e. The number of nitrogens with one attached hydrogen (secondary N) is 1. The summed E-state index contributed by atoms with van der Waals surface area (Å²) in [6.45, 7) is 11.1. The molecule has 0 bridgehead atoms. The van der Waals surface area contributed by atoms with Crippen LogP contribution >= 0.6 is 0 Å². The van der Waals surface area contributed by atoms with E-state index < -0.39 is 0 Å². The predicted octanol–water partition coefficient (Wildman–Crippen LogP) is 0.889. The molecule has 1 atom stereocenters. The summed E-state index contributed by atoms with van der Waals surface area (Å²) in [6, 6.07) is 0. The average Bonchev–Trinajstić information content (AvgIpc) is 2.86. The second-order valence-corrected chi connectivity index (χ2v) is 6.96. The third kappa shape index (κ3) is 4.25. The van der Waals surface area contributed by atoms with Gasteiger partial charge in [-0.15, -0.1) is 5.10 Å². The maximum atomic E-state index is 5.75. The van der Waals surface area contributed by atoms with Crippen LogP contribution in [0, 0.1) is 5.92 Å². The van der Waals surface area contributed by atoms with Crippen molar-refractivity contribution in [2.24, 2.45) is 5.92 Å². The third-order valence-corrected chi connectivity index (χ3v) is 4.32. The normalized spacial score (nSPS) is 26.9. The van der Waals surface area contributed by atoms with Crippen molar-refractivity contribution in [2.75, 3.05) is 32.8 Å². The Balaban J connectivity index is 1.52. The topological polar surface area (TPSA) is 55.2 Å². The van der Waals surface area contributed by atoms with Gasteiger partial charge in [-0.1, -0.05) is 5.21 Å². The molecule has 3 heterocycles. The van der Waals surface area contributed by atoms with Crippen LogP contribution < -0.4 is 5.32 Å². The summed E-state index contributed by atoms with van der Waals surface area (Å²) in [6.07, 6.45) is 4.67. The van der Waals surface area contributed by atoms with Gasteiger partial charge in [-0.2, -0.15) is 0 Å². The molecular formula is C15H27N5O. The number of aromatic nitrogens is 3. The molecule has 0 aliphatic carbocycles. The Morgan fingerprint density at radius 1 is 1.48 bits per heavy atom. The number of morpholine rings is 1. The Bertz CT molecular complexity index is 453. The van der Waals surface area contributed by atoms with Gasteiger partial charge in [0.05, 0.1) is 17.9 Å². The van der Waals surface area contributed by atoms with E-state index in [1.807, 2.05) is 4.68 Å². The fraction of sp³-hybridized carbons (Fsp3) is 0.867. The van der Waals surface area contributed by atoms with Gasteiger partial charge in [0, 0.05) is 32.4 Å². The number of hydrogen-bond acceptors (Lipinski definition) is 5. The fourth-order valence-corrected chi connectivity index (χ4v) is 3.32. The highest BCUT2D eigenvalue weighted by atomic mass is 16.5. The minimum absolute atomic E-state index is 0.0536. The smallest absolute Gasteiger partial charge is 0.0967 e. The minimum atomic E-state index is -0.0536. The molecule has 2 fully saturated rings. The lowest BCUT2D eigenvalue weighted by atomic mass is 10.00. The van der Waals surface area contributed by atoms with Gasteiger partial charge in [0.2, 0.25) is 0 Å². The van der Waals surface area contributed by atoms with Gasteiger partial charge < -0.3 is 10.1 Å². The molecule has 118 valence electrons. The highest BCUT2D eigenvalue weighted by Gasteiger charge is 2.27. The molecule has 2 aliphatic heterocycles. The zero-order valence-corrected chi connectivity index (χ0v) is 13.2. The summed E-state index contributed by atoms with van der Waals surface area (Å²) >= 11 is 0. The van der Waals surface area contributed by atoms with Crippen molar-refractivity contribution in [3.05, 3.63) is 11.9 Å². The summed E-state index contributed by atoms with van der Waals surface area (Å²) in [4.78, 5) is 2.40. The van der Waals surface area contributed by atoms with E-state index in [-0.39, 0.29) is 5.60 Å². The molecular weight excluding hydrogens is 266 g/mol. The molecule has 0 spiro atoms. The Morgan fingerprint density at radius 3 is 3.14 bits per heavy atom. The third-order valence-electron chi connectivity index (χ3n) is 4.32. The lowest BCUT2D eigenvalue weighted by Gasteiger charge is -2.37. The Labute approximate surface area is 126 Å². The van der Waals surface area contributed by atoms with E-state index in [0.717, 1.165) is 51.6 Å². The quantitative estimate of drug-likeness (QED) is 0.893. The Kier molecular flexibility index (Phi) is 4.57. The Morgan fingerprint density at radius 2 is 2.38 bits per heavy atom. The summed E-state index contributed by atoms with van der Waals surface area (Å²) < 4.78 is 7.76. The van der Waals surface area contributed by atoms with Gasteiger partial charge in [0.1, 0.15) is 0 Å². The first-order valence-corrected chi connectivity index (χ1v) is 8.07. The van der Waals surface area contributed by atoms with Gasteiger partial charge >= 0.3 is 0 Å². The van der Waals surface area contributed by atoms with E-state index in [1.54, 1.807) is 0 Å². The second kappa shape index (κ2) is 6.42. The minimum Gasteiger partial charge on any atom is -0.373 e. The molecule has 3 rings (SSSR count). The van der Waals surface area contributed by atoms with Crippen LogP contribution in [0.3, 0.4) is 0 Å². The molecule has 2 saturated heterocycles. The van der Waals surface area contributed by atoms with E-state index in [9.17, 15) is 0 Å². The summed E-state index contributed by atoms with van der Waals surface area (Å²) in [5.74, 6) is 0.690. The number of ether oxygens (including phenoxy) is 1. The fourth-order valence-electron chi connectivity index (χ4n) is 3.32. The first kappa shape index (κ1) is 14.9. The van der Waals surface area contributed by atoms with Crippen LogP contribution in [0.2, 0.25) is 0 Å². The zero-order valence-electron chi connectivity index (χ0n) is 13.2. The monoisotopic (exact) mass is 293 g/mol. The highest BCUT2D eigenvalue weighted by Crippen LogP contribution is 2.18. The SMILES string of the molecule is CC1(C)CN(Cc2cn(CC3CCCNC3)nn2)CCO1. The molecule has 0 amide bonds. The average molecular weight is 293 g/mol. The van der Waals surface area contributed by atoms with Crippen LogP contribution in [0.1, 0.15) is 32.4 Å². The molecule has 0 saturated carbocycles. The van der Waals surface area contributed by atoms with Crippen LogP contribution in [-0.2, 0) is 17.8 Å². The van der Waals surface area contributed by atoms with E-state index in [0.29, 0.717) is 5.92 Å².